The maximum Gasteiger partial charge on any atom is 0.573 e. The summed E-state index contributed by atoms with van der Waals surface area (Å²) in [5.74, 6) is -3.07. The van der Waals surface area contributed by atoms with E-state index in [0.717, 1.165) is 37.4 Å². The summed E-state index contributed by atoms with van der Waals surface area (Å²) in [7, 11) is -3.66. The third-order valence-electron chi connectivity index (χ3n) is 2.96. The predicted molar refractivity (Wildman–Crippen MR) is 75.1 cm³/mol. The second-order valence-corrected chi connectivity index (χ2v) is 6.50. The van der Waals surface area contributed by atoms with Crippen molar-refractivity contribution in [3.05, 3.63) is 54.1 Å². The normalized spacial score (nSPS) is 12.1. The second kappa shape index (κ2) is 6.27. The molecule has 0 bridgehead atoms. The number of anilines is 1. The molecule has 0 heterocycles. The lowest BCUT2D eigenvalue weighted by Crippen LogP contribution is -2.29. The highest BCUT2D eigenvalue weighted by Crippen LogP contribution is 2.33. The number of alkyl halides is 3. The van der Waals surface area contributed by atoms with Gasteiger partial charge in [0.2, 0.25) is 0 Å². The van der Waals surface area contributed by atoms with Gasteiger partial charge < -0.3 is 4.74 Å². The fourth-order valence-corrected chi connectivity index (χ4v) is 3.20. The number of ether oxygens (including phenoxy) is 1. The number of hydrogen-bond donors (Lipinski definition) is 0. The Morgan fingerprint density at radius 2 is 1.67 bits per heavy atom. The van der Waals surface area contributed by atoms with Crippen molar-refractivity contribution in [2.75, 3.05) is 11.4 Å². The zero-order chi connectivity index (χ0) is 18.1. The molecule has 0 aromatic heterocycles. The molecule has 2 rings (SSSR count). The Labute approximate surface area is 134 Å². The van der Waals surface area contributed by atoms with E-state index >= 15 is 0 Å². The van der Waals surface area contributed by atoms with E-state index < -0.39 is 44.4 Å². The molecule has 0 aliphatic carbocycles. The maximum absolute atomic E-state index is 13.8. The molecule has 130 valence electrons. The van der Waals surface area contributed by atoms with Crippen LogP contribution in [0.3, 0.4) is 0 Å². The Bertz CT molecular complexity index is 852. The van der Waals surface area contributed by atoms with Crippen molar-refractivity contribution >= 4 is 15.7 Å². The summed E-state index contributed by atoms with van der Waals surface area (Å²) in [5.41, 5.74) is -0.529. The first-order chi connectivity index (χ1) is 11.0. The van der Waals surface area contributed by atoms with Crippen LogP contribution in [0.5, 0.6) is 5.75 Å². The van der Waals surface area contributed by atoms with Crippen molar-refractivity contribution in [1.82, 2.24) is 0 Å². The fourth-order valence-electron chi connectivity index (χ4n) is 1.89. The molecular formula is C14H10F5NO3S. The van der Waals surface area contributed by atoms with E-state index in [1.54, 1.807) is 0 Å². The summed E-state index contributed by atoms with van der Waals surface area (Å²) in [6.07, 6.45) is -5.11. The quantitative estimate of drug-likeness (QED) is 0.775. The van der Waals surface area contributed by atoms with Crippen molar-refractivity contribution in [1.29, 1.82) is 0 Å². The molecule has 2 aromatic carbocycles. The van der Waals surface area contributed by atoms with Crippen LogP contribution < -0.4 is 9.04 Å². The topological polar surface area (TPSA) is 46.6 Å². The molecule has 0 amide bonds. The third kappa shape index (κ3) is 3.75. The van der Waals surface area contributed by atoms with E-state index in [1.165, 1.54) is 6.07 Å². The van der Waals surface area contributed by atoms with Crippen LogP contribution in [-0.2, 0) is 10.0 Å². The van der Waals surface area contributed by atoms with Crippen LogP contribution in [0.15, 0.2) is 47.4 Å². The highest BCUT2D eigenvalue weighted by molar-refractivity contribution is 7.92. The molecule has 0 spiro atoms. The van der Waals surface area contributed by atoms with E-state index in [1.807, 2.05) is 0 Å². The molecule has 0 aliphatic heterocycles. The van der Waals surface area contributed by atoms with Gasteiger partial charge in [-0.15, -0.1) is 13.2 Å². The van der Waals surface area contributed by atoms with E-state index in [9.17, 15) is 30.4 Å². The van der Waals surface area contributed by atoms with E-state index in [0.29, 0.717) is 10.4 Å². The summed E-state index contributed by atoms with van der Waals surface area (Å²) in [6, 6.07) is 6.17. The minimum Gasteiger partial charge on any atom is -0.404 e. The van der Waals surface area contributed by atoms with Gasteiger partial charge in [-0.25, -0.2) is 17.2 Å². The van der Waals surface area contributed by atoms with Gasteiger partial charge in [0.05, 0.1) is 5.69 Å². The van der Waals surface area contributed by atoms with E-state index in [2.05, 4.69) is 4.74 Å². The van der Waals surface area contributed by atoms with Crippen molar-refractivity contribution in [3.8, 4) is 5.75 Å². The zero-order valence-corrected chi connectivity index (χ0v) is 12.8. The van der Waals surface area contributed by atoms with E-state index in [-0.39, 0.29) is 0 Å². The summed E-state index contributed by atoms with van der Waals surface area (Å²) in [5, 5.41) is 0. The lowest BCUT2D eigenvalue weighted by molar-refractivity contribution is -0.275. The predicted octanol–water partition coefficient (Wildman–Crippen LogP) is 3.69. The number of para-hydroxylation sites is 1. The second-order valence-electron chi connectivity index (χ2n) is 4.56. The molecule has 0 radical (unpaired) electrons. The molecule has 0 aliphatic rings. The Balaban J connectivity index is 2.51. The number of sulfonamides is 1. The van der Waals surface area contributed by atoms with Gasteiger partial charge in [0.15, 0.2) is 0 Å². The minimum absolute atomic E-state index is 0.403. The van der Waals surface area contributed by atoms with Gasteiger partial charge in [-0.1, -0.05) is 12.1 Å². The Hall–Kier alpha value is -2.36. The van der Waals surface area contributed by atoms with Crippen molar-refractivity contribution in [2.24, 2.45) is 0 Å². The van der Waals surface area contributed by atoms with Crippen LogP contribution >= 0.6 is 0 Å². The first kappa shape index (κ1) is 18.0. The highest BCUT2D eigenvalue weighted by Gasteiger charge is 2.35. The van der Waals surface area contributed by atoms with Crippen molar-refractivity contribution in [2.45, 2.75) is 11.3 Å². The van der Waals surface area contributed by atoms with Gasteiger partial charge in [-0.2, -0.15) is 0 Å². The Morgan fingerprint density at radius 3 is 2.25 bits per heavy atom. The van der Waals surface area contributed by atoms with E-state index in [4.69, 9.17) is 0 Å². The number of rotatable bonds is 4. The average Bonchev–Trinajstić information content (AvgIpc) is 2.45. The third-order valence-corrected chi connectivity index (χ3v) is 4.77. The molecule has 0 saturated carbocycles. The Morgan fingerprint density at radius 1 is 1.04 bits per heavy atom. The smallest absolute Gasteiger partial charge is 0.404 e. The van der Waals surface area contributed by atoms with Crippen LogP contribution in [0.4, 0.5) is 27.6 Å². The lowest BCUT2D eigenvalue weighted by Gasteiger charge is -2.22. The van der Waals surface area contributed by atoms with Gasteiger partial charge in [-0.05, 0) is 24.3 Å². The number of nitrogens with zero attached hydrogens (tertiary/aromatic N) is 1. The van der Waals surface area contributed by atoms with Gasteiger partial charge in [0.25, 0.3) is 10.0 Å². The molecule has 4 nitrogen and oxygen atoms in total. The van der Waals surface area contributed by atoms with Crippen LogP contribution in [0.2, 0.25) is 0 Å². The van der Waals surface area contributed by atoms with Crippen molar-refractivity contribution in [3.63, 3.8) is 0 Å². The molecule has 24 heavy (non-hydrogen) atoms. The molecule has 0 saturated heterocycles. The average molecular weight is 367 g/mol. The van der Waals surface area contributed by atoms with Crippen LogP contribution in [0.1, 0.15) is 0 Å². The monoisotopic (exact) mass is 367 g/mol. The van der Waals surface area contributed by atoms with Gasteiger partial charge in [0.1, 0.15) is 22.3 Å². The number of benzene rings is 2. The minimum atomic E-state index is -5.11. The first-order valence-corrected chi connectivity index (χ1v) is 7.75. The summed E-state index contributed by atoms with van der Waals surface area (Å²) in [6.45, 7) is 0. The Kier molecular flexibility index (Phi) is 4.70. The number of halogens is 5. The molecule has 0 N–H and O–H groups in total. The zero-order valence-electron chi connectivity index (χ0n) is 12.0. The van der Waals surface area contributed by atoms with Crippen molar-refractivity contribution < 1.29 is 35.1 Å². The van der Waals surface area contributed by atoms with Gasteiger partial charge in [-0.3, -0.25) is 4.31 Å². The highest BCUT2D eigenvalue weighted by atomic mass is 32.2. The standard InChI is InChI=1S/C14H10F5NO3S/c1-20(11-7-6-9(15)8-10(11)16)24(21,22)13-5-3-2-4-12(13)23-14(17,18)19/h2-8H,1H3. The SMILES string of the molecule is CN(c1ccc(F)cc1F)S(=O)(=O)c1ccccc1OC(F)(F)F. The summed E-state index contributed by atoms with van der Waals surface area (Å²) >= 11 is 0. The molecule has 0 unspecified atom stereocenters. The summed E-state index contributed by atoms with van der Waals surface area (Å²) < 4.78 is 93.0. The molecule has 0 fully saturated rings. The molecule has 2 aromatic rings. The lowest BCUT2D eigenvalue weighted by atomic mass is 10.3. The molecular weight excluding hydrogens is 357 g/mol. The van der Waals surface area contributed by atoms with Gasteiger partial charge >= 0.3 is 6.36 Å². The van der Waals surface area contributed by atoms with Crippen LogP contribution in [0, 0.1) is 11.6 Å². The largest absolute Gasteiger partial charge is 0.573 e. The molecule has 10 heteroatoms. The first-order valence-electron chi connectivity index (χ1n) is 6.31. The van der Waals surface area contributed by atoms with Crippen LogP contribution in [-0.4, -0.2) is 21.8 Å². The van der Waals surface area contributed by atoms with Gasteiger partial charge in [0, 0.05) is 13.1 Å². The molecule has 0 atom stereocenters. The summed E-state index contributed by atoms with van der Waals surface area (Å²) in [4.78, 5) is -0.812. The number of hydrogen-bond acceptors (Lipinski definition) is 3. The van der Waals surface area contributed by atoms with Crippen LogP contribution in [0.25, 0.3) is 0 Å². The maximum atomic E-state index is 13.8. The fraction of sp³-hybridized carbons (Fsp3) is 0.143.